The Hall–Kier alpha value is -2.09. The molecule has 0 spiro atoms. The van der Waals surface area contributed by atoms with Gasteiger partial charge < -0.3 is 10.4 Å². The fraction of sp³-hybridized carbons (Fsp3) is 0.333. The fourth-order valence-electron chi connectivity index (χ4n) is 1.36. The van der Waals surface area contributed by atoms with E-state index in [-0.39, 0.29) is 11.9 Å². The lowest BCUT2D eigenvalue weighted by atomic mass is 10.1. The predicted octanol–water partition coefficient (Wildman–Crippen LogP) is 2.13. The topological polar surface area (TPSA) is 62.2 Å². The van der Waals surface area contributed by atoms with Crippen molar-refractivity contribution < 1.29 is 14.3 Å². The van der Waals surface area contributed by atoms with Crippen molar-refractivity contribution in [2.45, 2.75) is 25.8 Å². The van der Waals surface area contributed by atoms with Crippen LogP contribution >= 0.6 is 0 Å². The van der Waals surface area contributed by atoms with E-state index in [9.17, 15) is 9.18 Å². The number of nitrogens with one attached hydrogen (secondary N) is 1. The number of aromatic nitrogens is 1. The van der Waals surface area contributed by atoms with Crippen LogP contribution in [0.3, 0.4) is 0 Å². The second-order valence-electron chi connectivity index (χ2n) is 3.48. The standard InChI is InChI=1S/C12H13FN2O2/c1-3-5-8(4-2)15-11-10(13)9(12(16)17)6-7-14-11/h2,6-8H,3,5H2,1H3,(H,14,15)(H,16,17). The third-order valence-corrected chi connectivity index (χ3v) is 2.21. The number of anilines is 1. The van der Waals surface area contributed by atoms with E-state index in [0.717, 1.165) is 12.5 Å². The molecule has 0 saturated carbocycles. The van der Waals surface area contributed by atoms with Crippen molar-refractivity contribution in [1.29, 1.82) is 0 Å². The number of carbonyl (C=O) groups is 1. The maximum atomic E-state index is 13.7. The van der Waals surface area contributed by atoms with Crippen LogP contribution in [0.15, 0.2) is 12.3 Å². The van der Waals surface area contributed by atoms with Gasteiger partial charge in [-0.2, -0.15) is 0 Å². The van der Waals surface area contributed by atoms with Crippen LogP contribution in [0.1, 0.15) is 30.1 Å². The maximum Gasteiger partial charge on any atom is 0.338 e. The number of halogens is 1. The lowest BCUT2D eigenvalue weighted by Crippen LogP contribution is -2.19. The zero-order valence-corrected chi connectivity index (χ0v) is 9.40. The van der Waals surface area contributed by atoms with Gasteiger partial charge in [0.05, 0.1) is 6.04 Å². The van der Waals surface area contributed by atoms with Crippen LogP contribution < -0.4 is 5.32 Å². The Balaban J connectivity index is 2.96. The van der Waals surface area contributed by atoms with Gasteiger partial charge in [-0.1, -0.05) is 19.3 Å². The van der Waals surface area contributed by atoms with Gasteiger partial charge in [0.15, 0.2) is 11.6 Å². The molecular weight excluding hydrogens is 223 g/mol. The zero-order chi connectivity index (χ0) is 12.8. The van der Waals surface area contributed by atoms with E-state index >= 15 is 0 Å². The molecule has 0 aliphatic carbocycles. The van der Waals surface area contributed by atoms with Gasteiger partial charge in [-0.15, -0.1) is 6.42 Å². The summed E-state index contributed by atoms with van der Waals surface area (Å²) in [5, 5.41) is 11.5. The average Bonchev–Trinajstić information content (AvgIpc) is 2.30. The monoisotopic (exact) mass is 236 g/mol. The molecule has 0 fully saturated rings. The number of terminal acetylenes is 1. The highest BCUT2D eigenvalue weighted by Gasteiger charge is 2.16. The molecule has 1 unspecified atom stereocenters. The van der Waals surface area contributed by atoms with Crippen LogP contribution in [0.5, 0.6) is 0 Å². The van der Waals surface area contributed by atoms with Gasteiger partial charge in [0.25, 0.3) is 0 Å². The number of carboxylic acids is 1. The maximum absolute atomic E-state index is 13.7. The smallest absolute Gasteiger partial charge is 0.338 e. The summed E-state index contributed by atoms with van der Waals surface area (Å²) in [6.45, 7) is 1.95. The van der Waals surface area contributed by atoms with E-state index in [1.54, 1.807) is 0 Å². The summed E-state index contributed by atoms with van der Waals surface area (Å²) in [5.74, 6) is 0.113. The molecule has 1 atom stereocenters. The van der Waals surface area contributed by atoms with E-state index in [0.29, 0.717) is 6.42 Å². The lowest BCUT2D eigenvalue weighted by molar-refractivity contribution is 0.0692. The second-order valence-corrected chi connectivity index (χ2v) is 3.48. The van der Waals surface area contributed by atoms with Gasteiger partial charge in [-0.05, 0) is 12.5 Å². The Kier molecular flexibility index (Phi) is 4.46. The molecule has 0 amide bonds. The van der Waals surface area contributed by atoms with Crippen LogP contribution in [-0.2, 0) is 0 Å². The van der Waals surface area contributed by atoms with E-state index in [4.69, 9.17) is 11.5 Å². The number of hydrogen-bond donors (Lipinski definition) is 2. The van der Waals surface area contributed by atoms with Crippen molar-refractivity contribution in [2.75, 3.05) is 5.32 Å². The summed E-state index contributed by atoms with van der Waals surface area (Å²) >= 11 is 0. The lowest BCUT2D eigenvalue weighted by Gasteiger charge is -2.13. The Bertz CT molecular complexity index is 454. The van der Waals surface area contributed by atoms with Crippen LogP contribution in [0, 0.1) is 18.2 Å². The first-order valence-corrected chi connectivity index (χ1v) is 5.20. The molecule has 90 valence electrons. The van der Waals surface area contributed by atoms with Gasteiger partial charge in [0.2, 0.25) is 0 Å². The summed E-state index contributed by atoms with van der Waals surface area (Å²) in [4.78, 5) is 14.5. The molecule has 1 rings (SSSR count). The number of carboxylic acid groups (broad SMARTS) is 1. The molecule has 17 heavy (non-hydrogen) atoms. The van der Waals surface area contributed by atoms with E-state index < -0.39 is 17.3 Å². The molecule has 1 heterocycles. The Morgan fingerprint density at radius 2 is 2.47 bits per heavy atom. The van der Waals surface area contributed by atoms with E-state index in [1.807, 2.05) is 6.92 Å². The number of nitrogens with zero attached hydrogens (tertiary/aromatic N) is 1. The quantitative estimate of drug-likeness (QED) is 0.769. The summed E-state index contributed by atoms with van der Waals surface area (Å²) in [5.41, 5.74) is -0.422. The molecule has 0 aliphatic rings. The third kappa shape index (κ3) is 3.18. The minimum atomic E-state index is -1.33. The van der Waals surface area contributed by atoms with Gasteiger partial charge >= 0.3 is 5.97 Å². The predicted molar refractivity (Wildman–Crippen MR) is 62.3 cm³/mol. The van der Waals surface area contributed by atoms with Crippen molar-refractivity contribution in [2.24, 2.45) is 0 Å². The average molecular weight is 236 g/mol. The second kappa shape index (κ2) is 5.85. The van der Waals surface area contributed by atoms with Crippen LogP contribution in [0.2, 0.25) is 0 Å². The van der Waals surface area contributed by atoms with Gasteiger partial charge in [-0.25, -0.2) is 14.2 Å². The molecule has 0 radical (unpaired) electrons. The highest BCUT2D eigenvalue weighted by atomic mass is 19.1. The van der Waals surface area contributed by atoms with Crippen molar-refractivity contribution >= 4 is 11.8 Å². The fourth-order valence-corrected chi connectivity index (χ4v) is 1.36. The SMILES string of the molecule is C#CC(CCC)Nc1nccc(C(=O)O)c1F. The summed E-state index contributed by atoms with van der Waals surface area (Å²) in [6.07, 6.45) is 8.00. The molecule has 0 aromatic carbocycles. The Labute approximate surface area is 98.9 Å². The van der Waals surface area contributed by atoms with Gasteiger partial charge in [0, 0.05) is 6.20 Å². The van der Waals surface area contributed by atoms with Gasteiger partial charge in [0.1, 0.15) is 5.56 Å². The summed E-state index contributed by atoms with van der Waals surface area (Å²) < 4.78 is 13.7. The molecule has 0 aliphatic heterocycles. The number of hydrogen-bond acceptors (Lipinski definition) is 3. The third-order valence-electron chi connectivity index (χ3n) is 2.21. The molecule has 5 heteroatoms. The molecule has 0 saturated heterocycles. The molecule has 1 aromatic heterocycles. The van der Waals surface area contributed by atoms with Crippen molar-refractivity contribution in [3.8, 4) is 12.3 Å². The van der Waals surface area contributed by atoms with Crippen LogP contribution in [-0.4, -0.2) is 22.1 Å². The van der Waals surface area contributed by atoms with Crippen molar-refractivity contribution in [3.63, 3.8) is 0 Å². The minimum absolute atomic E-state index is 0.124. The van der Waals surface area contributed by atoms with Crippen LogP contribution in [0.4, 0.5) is 10.2 Å². The van der Waals surface area contributed by atoms with E-state index in [1.165, 1.54) is 6.20 Å². The van der Waals surface area contributed by atoms with Crippen molar-refractivity contribution in [3.05, 3.63) is 23.6 Å². The van der Waals surface area contributed by atoms with Crippen LogP contribution in [0.25, 0.3) is 0 Å². The molecule has 1 aromatic rings. The number of rotatable bonds is 5. The van der Waals surface area contributed by atoms with Crippen molar-refractivity contribution in [1.82, 2.24) is 4.98 Å². The summed E-state index contributed by atoms with van der Waals surface area (Å²) in [7, 11) is 0. The van der Waals surface area contributed by atoms with Gasteiger partial charge in [-0.3, -0.25) is 0 Å². The van der Waals surface area contributed by atoms with E-state index in [2.05, 4.69) is 16.2 Å². The Morgan fingerprint density at radius 1 is 1.76 bits per heavy atom. The highest BCUT2D eigenvalue weighted by Crippen LogP contribution is 2.16. The number of pyridine rings is 1. The first-order chi connectivity index (χ1) is 8.10. The molecular formula is C12H13FN2O2. The molecule has 2 N–H and O–H groups in total. The first-order valence-electron chi connectivity index (χ1n) is 5.20. The largest absolute Gasteiger partial charge is 0.478 e. The summed E-state index contributed by atoms with van der Waals surface area (Å²) in [6, 6.07) is 0.749. The Morgan fingerprint density at radius 3 is 3.00 bits per heavy atom. The molecule has 0 bridgehead atoms. The minimum Gasteiger partial charge on any atom is -0.478 e. The number of aromatic carboxylic acids is 1. The molecule has 4 nitrogen and oxygen atoms in total. The zero-order valence-electron chi connectivity index (χ0n) is 9.40. The normalized spacial score (nSPS) is 11.6. The first kappa shape index (κ1) is 13.0. The highest BCUT2D eigenvalue weighted by molar-refractivity contribution is 5.88.